The van der Waals surface area contributed by atoms with Gasteiger partial charge in [0.15, 0.2) is 0 Å². The SMILES string of the molecule is CNc1nccc(CCc2ccc(NC(=O)OC(C)(C)C)cc2)c1[N+](=O)[O-]. The molecule has 2 aromatic rings. The van der Waals surface area contributed by atoms with Gasteiger partial charge >= 0.3 is 11.8 Å². The molecule has 0 aliphatic carbocycles. The van der Waals surface area contributed by atoms with Crippen molar-refractivity contribution in [1.29, 1.82) is 0 Å². The molecule has 0 unspecified atom stereocenters. The minimum atomic E-state index is -0.560. The standard InChI is InChI=1S/C19H24N4O4/c1-19(2,3)27-18(24)22-15-9-6-13(7-10-15)5-8-14-11-12-21-17(20-4)16(14)23(25)26/h6-7,9-12H,5,8H2,1-4H3,(H,20,21)(H,22,24). The molecule has 0 saturated heterocycles. The zero-order valence-electron chi connectivity index (χ0n) is 15.9. The fourth-order valence-corrected chi connectivity index (χ4v) is 2.54. The van der Waals surface area contributed by atoms with Crippen LogP contribution in [0, 0.1) is 10.1 Å². The van der Waals surface area contributed by atoms with E-state index < -0.39 is 16.6 Å². The molecule has 0 saturated carbocycles. The highest BCUT2D eigenvalue weighted by Crippen LogP contribution is 2.27. The molecule has 0 fully saturated rings. The number of carbonyl (C=O) groups excluding carboxylic acids is 1. The molecule has 0 bridgehead atoms. The van der Waals surface area contributed by atoms with Crippen LogP contribution in [0.4, 0.5) is 22.0 Å². The normalized spacial score (nSPS) is 11.0. The van der Waals surface area contributed by atoms with E-state index in [0.717, 1.165) is 5.56 Å². The number of nitrogens with zero attached hydrogens (tertiary/aromatic N) is 2. The van der Waals surface area contributed by atoms with Crippen LogP contribution >= 0.6 is 0 Å². The lowest BCUT2D eigenvalue weighted by molar-refractivity contribution is -0.384. The number of benzene rings is 1. The first kappa shape index (κ1) is 20.2. The molecule has 0 aliphatic rings. The van der Waals surface area contributed by atoms with Crippen LogP contribution in [-0.4, -0.2) is 28.6 Å². The molecule has 8 nitrogen and oxygen atoms in total. The van der Waals surface area contributed by atoms with Crippen molar-refractivity contribution >= 4 is 23.3 Å². The summed E-state index contributed by atoms with van der Waals surface area (Å²) in [6, 6.07) is 8.97. The third-order valence-electron chi connectivity index (χ3n) is 3.71. The van der Waals surface area contributed by atoms with Gasteiger partial charge in [0.1, 0.15) is 5.60 Å². The number of hydrogen-bond acceptors (Lipinski definition) is 6. The van der Waals surface area contributed by atoms with Gasteiger partial charge in [0.25, 0.3) is 0 Å². The Balaban J connectivity index is 2.02. The van der Waals surface area contributed by atoms with E-state index >= 15 is 0 Å². The van der Waals surface area contributed by atoms with Crippen molar-refractivity contribution in [2.75, 3.05) is 17.7 Å². The Morgan fingerprint density at radius 3 is 2.41 bits per heavy atom. The maximum atomic E-state index is 11.8. The number of carbonyl (C=O) groups is 1. The molecule has 1 amide bonds. The maximum Gasteiger partial charge on any atom is 0.412 e. The van der Waals surface area contributed by atoms with Gasteiger partial charge in [-0.1, -0.05) is 12.1 Å². The average Bonchev–Trinajstić information content (AvgIpc) is 2.58. The fourth-order valence-electron chi connectivity index (χ4n) is 2.54. The zero-order valence-corrected chi connectivity index (χ0v) is 15.9. The summed E-state index contributed by atoms with van der Waals surface area (Å²) in [5, 5.41) is 16.8. The summed E-state index contributed by atoms with van der Waals surface area (Å²) < 4.78 is 5.21. The van der Waals surface area contributed by atoms with Gasteiger partial charge in [-0.05, 0) is 57.4 Å². The highest BCUT2D eigenvalue weighted by Gasteiger charge is 2.20. The molecule has 1 heterocycles. The Hall–Kier alpha value is -3.16. The summed E-state index contributed by atoms with van der Waals surface area (Å²) in [7, 11) is 1.61. The number of amides is 1. The van der Waals surface area contributed by atoms with E-state index in [-0.39, 0.29) is 11.5 Å². The van der Waals surface area contributed by atoms with E-state index in [1.54, 1.807) is 52.2 Å². The lowest BCUT2D eigenvalue weighted by atomic mass is 10.0. The van der Waals surface area contributed by atoms with Gasteiger partial charge in [-0.25, -0.2) is 9.78 Å². The summed E-state index contributed by atoms with van der Waals surface area (Å²) in [6.07, 6.45) is 2.18. The van der Waals surface area contributed by atoms with Gasteiger partial charge in [-0.2, -0.15) is 0 Å². The molecular formula is C19H24N4O4. The molecule has 8 heteroatoms. The first-order valence-corrected chi connectivity index (χ1v) is 8.58. The van der Waals surface area contributed by atoms with Crippen molar-refractivity contribution in [3.05, 3.63) is 57.8 Å². The second-order valence-electron chi connectivity index (χ2n) is 7.00. The predicted octanol–water partition coefficient (Wildman–Crippen LogP) is 4.16. The quantitative estimate of drug-likeness (QED) is 0.582. The predicted molar refractivity (Wildman–Crippen MR) is 104 cm³/mol. The second kappa shape index (κ2) is 8.48. The Morgan fingerprint density at radius 2 is 1.85 bits per heavy atom. The van der Waals surface area contributed by atoms with Gasteiger partial charge in [0.05, 0.1) is 4.92 Å². The first-order valence-electron chi connectivity index (χ1n) is 8.58. The van der Waals surface area contributed by atoms with Crippen LogP contribution in [0.5, 0.6) is 0 Å². The largest absolute Gasteiger partial charge is 0.444 e. The van der Waals surface area contributed by atoms with Crippen LogP contribution in [0.15, 0.2) is 36.5 Å². The minimum Gasteiger partial charge on any atom is -0.444 e. The Bertz CT molecular complexity index is 813. The number of ether oxygens (including phenoxy) is 1. The van der Waals surface area contributed by atoms with Crippen molar-refractivity contribution in [1.82, 2.24) is 4.98 Å². The van der Waals surface area contributed by atoms with Crippen LogP contribution in [0.3, 0.4) is 0 Å². The lowest BCUT2D eigenvalue weighted by Gasteiger charge is -2.19. The van der Waals surface area contributed by atoms with E-state index in [0.29, 0.717) is 24.1 Å². The molecule has 2 N–H and O–H groups in total. The summed E-state index contributed by atoms with van der Waals surface area (Å²) in [5.41, 5.74) is 1.69. The Kier molecular flexibility index (Phi) is 6.33. The van der Waals surface area contributed by atoms with Crippen molar-refractivity contribution in [3.63, 3.8) is 0 Å². The number of anilines is 2. The number of aromatic nitrogens is 1. The molecule has 0 radical (unpaired) electrons. The Morgan fingerprint density at radius 1 is 1.19 bits per heavy atom. The van der Waals surface area contributed by atoms with E-state index in [2.05, 4.69) is 15.6 Å². The molecule has 1 aromatic heterocycles. The Labute approximate surface area is 158 Å². The zero-order chi connectivity index (χ0) is 20.0. The highest BCUT2D eigenvalue weighted by atomic mass is 16.6. The van der Waals surface area contributed by atoms with Crippen LogP contribution in [0.2, 0.25) is 0 Å². The smallest absolute Gasteiger partial charge is 0.412 e. The van der Waals surface area contributed by atoms with Crippen LogP contribution in [0.1, 0.15) is 31.9 Å². The van der Waals surface area contributed by atoms with Gasteiger partial charge in [-0.3, -0.25) is 15.4 Å². The van der Waals surface area contributed by atoms with E-state index in [1.165, 1.54) is 0 Å². The molecule has 0 atom stereocenters. The summed E-state index contributed by atoms with van der Waals surface area (Å²) in [6.45, 7) is 5.40. The third-order valence-corrected chi connectivity index (χ3v) is 3.71. The monoisotopic (exact) mass is 372 g/mol. The topological polar surface area (TPSA) is 106 Å². The number of nitrogens with one attached hydrogen (secondary N) is 2. The summed E-state index contributed by atoms with van der Waals surface area (Å²) >= 11 is 0. The minimum absolute atomic E-state index is 0.00297. The van der Waals surface area contributed by atoms with Crippen LogP contribution < -0.4 is 10.6 Å². The molecule has 0 aliphatic heterocycles. The molecule has 2 rings (SSSR count). The van der Waals surface area contributed by atoms with Crippen molar-refractivity contribution < 1.29 is 14.5 Å². The van der Waals surface area contributed by atoms with Gasteiger partial charge in [0, 0.05) is 24.5 Å². The number of pyridine rings is 1. The average molecular weight is 372 g/mol. The summed E-state index contributed by atoms with van der Waals surface area (Å²) in [4.78, 5) is 26.7. The molecule has 27 heavy (non-hydrogen) atoms. The second-order valence-corrected chi connectivity index (χ2v) is 7.00. The maximum absolute atomic E-state index is 11.8. The van der Waals surface area contributed by atoms with Gasteiger partial charge in [0.2, 0.25) is 5.82 Å². The lowest BCUT2D eigenvalue weighted by Crippen LogP contribution is -2.27. The van der Waals surface area contributed by atoms with Crippen LogP contribution in [-0.2, 0) is 17.6 Å². The number of nitro groups is 1. The van der Waals surface area contributed by atoms with Crippen LogP contribution in [0.25, 0.3) is 0 Å². The first-order chi connectivity index (χ1) is 12.7. The third kappa shape index (κ3) is 5.95. The fraction of sp³-hybridized carbons (Fsp3) is 0.368. The van der Waals surface area contributed by atoms with E-state index in [4.69, 9.17) is 4.74 Å². The highest BCUT2D eigenvalue weighted by molar-refractivity contribution is 5.84. The number of hydrogen-bond donors (Lipinski definition) is 2. The van der Waals surface area contributed by atoms with E-state index in [1.807, 2.05) is 12.1 Å². The molecule has 0 spiro atoms. The van der Waals surface area contributed by atoms with E-state index in [9.17, 15) is 14.9 Å². The molecule has 144 valence electrons. The van der Waals surface area contributed by atoms with Gasteiger partial charge in [-0.15, -0.1) is 0 Å². The van der Waals surface area contributed by atoms with Crippen molar-refractivity contribution in [2.45, 2.75) is 39.2 Å². The summed E-state index contributed by atoms with van der Waals surface area (Å²) in [5.74, 6) is 0.259. The number of rotatable bonds is 6. The molecular weight excluding hydrogens is 348 g/mol. The van der Waals surface area contributed by atoms with Gasteiger partial charge < -0.3 is 10.1 Å². The van der Waals surface area contributed by atoms with Crippen molar-refractivity contribution in [3.8, 4) is 0 Å². The van der Waals surface area contributed by atoms with Crippen molar-refractivity contribution in [2.24, 2.45) is 0 Å². The number of aryl methyl sites for hydroxylation is 2. The molecule has 1 aromatic carbocycles.